The van der Waals surface area contributed by atoms with Crippen molar-refractivity contribution in [3.8, 4) is 0 Å². The highest BCUT2D eigenvalue weighted by atomic mass is 32.2. The number of nitrogens with one attached hydrogen (secondary N) is 1. The number of sulfonamides is 1. The number of nitrogens with zero attached hydrogens (tertiary/aromatic N) is 4. The minimum absolute atomic E-state index is 0.0221. The first-order valence-electron chi connectivity index (χ1n) is 12.3. The predicted molar refractivity (Wildman–Crippen MR) is 140 cm³/mol. The van der Waals surface area contributed by atoms with E-state index in [1.807, 2.05) is 41.1 Å². The summed E-state index contributed by atoms with van der Waals surface area (Å²) >= 11 is 0. The van der Waals surface area contributed by atoms with Gasteiger partial charge in [0.2, 0.25) is 5.91 Å². The molecule has 2 aliphatic rings. The number of fused-ring (bicyclic) bond motifs is 1. The van der Waals surface area contributed by atoms with Crippen molar-refractivity contribution in [1.29, 1.82) is 0 Å². The molecule has 192 valence electrons. The molecule has 0 bridgehead atoms. The summed E-state index contributed by atoms with van der Waals surface area (Å²) in [4.78, 5) is 33.3. The predicted octanol–water partition coefficient (Wildman–Crippen LogP) is 3.13. The Labute approximate surface area is 216 Å². The lowest BCUT2D eigenvalue weighted by Crippen LogP contribution is -2.38. The van der Waals surface area contributed by atoms with Crippen LogP contribution in [-0.2, 0) is 32.6 Å². The highest BCUT2D eigenvalue weighted by Crippen LogP contribution is 2.32. The summed E-state index contributed by atoms with van der Waals surface area (Å²) in [5.74, 6) is -1.91. The van der Waals surface area contributed by atoms with Crippen molar-refractivity contribution in [3.63, 3.8) is 0 Å². The third-order valence-electron chi connectivity index (χ3n) is 6.68. The number of aromatic nitrogens is 2. The average molecular weight is 520 g/mol. The Balaban J connectivity index is 1.41. The fourth-order valence-electron chi connectivity index (χ4n) is 4.76. The van der Waals surface area contributed by atoms with Gasteiger partial charge < -0.3 is 14.8 Å². The van der Waals surface area contributed by atoms with Crippen molar-refractivity contribution in [2.75, 3.05) is 11.9 Å². The molecule has 0 saturated carbocycles. The number of ketones is 1. The summed E-state index contributed by atoms with van der Waals surface area (Å²) in [6, 6.07) is 15.6. The average Bonchev–Trinajstić information content (AvgIpc) is 3.39. The largest absolute Gasteiger partial charge is 0.341 e. The second-order valence-corrected chi connectivity index (χ2v) is 11.4. The quantitative estimate of drug-likeness (QED) is 0.458. The Morgan fingerprint density at radius 1 is 1.03 bits per heavy atom. The van der Waals surface area contributed by atoms with Gasteiger partial charge >= 0.3 is 0 Å². The van der Waals surface area contributed by atoms with Gasteiger partial charge in [-0.15, -0.1) is 4.40 Å². The van der Waals surface area contributed by atoms with Crippen LogP contribution >= 0.6 is 0 Å². The Morgan fingerprint density at radius 3 is 2.51 bits per heavy atom. The third kappa shape index (κ3) is 5.06. The fourth-order valence-corrected chi connectivity index (χ4v) is 5.92. The zero-order valence-electron chi connectivity index (χ0n) is 20.7. The fraction of sp³-hybridized carbons (Fsp3) is 0.333. The second kappa shape index (κ2) is 9.93. The summed E-state index contributed by atoms with van der Waals surface area (Å²) in [6.45, 7) is 5.14. The van der Waals surface area contributed by atoms with Gasteiger partial charge in [-0.3, -0.25) is 9.59 Å². The van der Waals surface area contributed by atoms with Crippen LogP contribution in [0.5, 0.6) is 0 Å². The molecule has 3 heterocycles. The number of imidazole rings is 1. The zero-order valence-corrected chi connectivity index (χ0v) is 21.6. The van der Waals surface area contributed by atoms with Crippen LogP contribution in [0.25, 0.3) is 0 Å². The van der Waals surface area contributed by atoms with Crippen molar-refractivity contribution in [1.82, 2.24) is 14.5 Å². The van der Waals surface area contributed by atoms with Crippen LogP contribution in [0.15, 0.2) is 76.4 Å². The molecule has 2 atom stereocenters. The minimum atomic E-state index is -4.03. The molecule has 1 N–H and O–H groups in total. The van der Waals surface area contributed by atoms with E-state index < -0.39 is 27.9 Å². The molecule has 1 amide bonds. The Bertz CT molecular complexity index is 1460. The van der Waals surface area contributed by atoms with E-state index in [0.29, 0.717) is 36.8 Å². The molecule has 3 aromatic rings. The van der Waals surface area contributed by atoms with Crippen LogP contribution in [0.2, 0.25) is 0 Å². The molecule has 5 rings (SSSR count). The Kier molecular flexibility index (Phi) is 6.68. The van der Waals surface area contributed by atoms with E-state index in [0.717, 1.165) is 5.56 Å². The number of benzene rings is 2. The Hall–Kier alpha value is -3.79. The number of Topliss-reactive ketones (excluding diaryl/α,β-unsaturated/α-hetero) is 1. The van der Waals surface area contributed by atoms with Crippen LogP contribution in [0.4, 0.5) is 5.69 Å². The molecule has 1 fully saturated rings. The summed E-state index contributed by atoms with van der Waals surface area (Å²) in [5, 5.41) is 2.94. The van der Waals surface area contributed by atoms with Crippen LogP contribution in [0.1, 0.15) is 31.5 Å². The molecule has 1 aromatic heterocycles. The van der Waals surface area contributed by atoms with Gasteiger partial charge in [-0.25, -0.2) is 4.98 Å². The first-order valence-corrected chi connectivity index (χ1v) is 13.8. The highest BCUT2D eigenvalue weighted by Gasteiger charge is 2.51. The smallest absolute Gasteiger partial charge is 0.286 e. The summed E-state index contributed by atoms with van der Waals surface area (Å²) in [7, 11) is -4.03. The van der Waals surface area contributed by atoms with E-state index in [-0.39, 0.29) is 22.9 Å². The molecule has 10 heteroatoms. The van der Waals surface area contributed by atoms with Gasteiger partial charge in [0.1, 0.15) is 10.7 Å². The monoisotopic (exact) mass is 519 g/mol. The van der Waals surface area contributed by atoms with Gasteiger partial charge in [-0.05, 0) is 30.0 Å². The van der Waals surface area contributed by atoms with Gasteiger partial charge in [0, 0.05) is 25.7 Å². The number of carbonyl (C=O) groups is 2. The molecule has 2 aromatic carbocycles. The van der Waals surface area contributed by atoms with Crippen molar-refractivity contribution in [2.24, 2.45) is 16.2 Å². The SMILES string of the molecule is CC(C)CCN1C(=O)C(C2=NS(=O)(=O)c3ccccc3N2)C(=O)[C@@H]1Cc1cn(Cc2ccccc2)cn1. The maximum absolute atomic E-state index is 13.7. The molecule has 2 aliphatic heterocycles. The molecule has 0 radical (unpaired) electrons. The normalized spacial score (nSPS) is 20.6. The molecule has 1 saturated heterocycles. The van der Waals surface area contributed by atoms with Crippen LogP contribution < -0.4 is 5.32 Å². The molecule has 9 nitrogen and oxygen atoms in total. The number of amidine groups is 1. The van der Waals surface area contributed by atoms with E-state index in [1.165, 1.54) is 6.07 Å². The molecule has 37 heavy (non-hydrogen) atoms. The van der Waals surface area contributed by atoms with E-state index in [2.05, 4.69) is 28.5 Å². The van der Waals surface area contributed by atoms with E-state index in [9.17, 15) is 18.0 Å². The van der Waals surface area contributed by atoms with E-state index in [4.69, 9.17) is 0 Å². The highest BCUT2D eigenvalue weighted by molar-refractivity contribution is 7.90. The molecule has 0 aliphatic carbocycles. The van der Waals surface area contributed by atoms with Crippen molar-refractivity contribution < 1.29 is 18.0 Å². The summed E-state index contributed by atoms with van der Waals surface area (Å²) in [6.07, 6.45) is 4.56. The van der Waals surface area contributed by atoms with E-state index >= 15 is 0 Å². The number of hydrogen-bond donors (Lipinski definition) is 1. The lowest BCUT2D eigenvalue weighted by molar-refractivity contribution is -0.130. The molecule has 1 unspecified atom stereocenters. The lowest BCUT2D eigenvalue weighted by Gasteiger charge is -2.24. The number of anilines is 1. The minimum Gasteiger partial charge on any atom is -0.341 e. The standard InChI is InChI=1S/C27H29N5O4S/c1-18(2)12-13-32-22(14-20-16-31(17-28-20)15-19-8-4-3-5-9-19)25(33)24(27(32)34)26-29-21-10-6-7-11-23(21)37(35,36)30-26/h3-11,16-18,22,24H,12-15H2,1-2H3,(H,29,30)/t22-,24?/m0/s1. The number of hydrogen-bond acceptors (Lipinski definition) is 6. The van der Waals surface area contributed by atoms with Crippen LogP contribution in [0.3, 0.4) is 0 Å². The maximum Gasteiger partial charge on any atom is 0.286 e. The van der Waals surface area contributed by atoms with Crippen LogP contribution in [0, 0.1) is 11.8 Å². The third-order valence-corrected chi connectivity index (χ3v) is 8.03. The number of para-hydroxylation sites is 1. The van der Waals surface area contributed by atoms with Gasteiger partial charge in [0.05, 0.1) is 23.8 Å². The second-order valence-electron chi connectivity index (χ2n) is 9.87. The Morgan fingerprint density at radius 2 is 1.76 bits per heavy atom. The zero-order chi connectivity index (χ0) is 26.2. The number of likely N-dealkylation sites (tertiary alicyclic amines) is 1. The first-order chi connectivity index (χ1) is 17.7. The lowest BCUT2D eigenvalue weighted by atomic mass is 9.99. The van der Waals surface area contributed by atoms with Crippen molar-refractivity contribution in [2.45, 2.75) is 44.2 Å². The number of rotatable bonds is 8. The molecule has 0 spiro atoms. The van der Waals surface area contributed by atoms with E-state index in [1.54, 1.807) is 29.4 Å². The van der Waals surface area contributed by atoms with Crippen molar-refractivity contribution in [3.05, 3.63) is 78.4 Å². The maximum atomic E-state index is 13.7. The van der Waals surface area contributed by atoms with Crippen molar-refractivity contribution >= 4 is 33.2 Å². The molecular weight excluding hydrogens is 490 g/mol. The number of carbonyl (C=O) groups excluding carboxylic acids is 2. The molecular formula is C27H29N5O4S. The first kappa shape index (κ1) is 24.9. The topological polar surface area (TPSA) is 114 Å². The van der Waals surface area contributed by atoms with Gasteiger partial charge in [-0.2, -0.15) is 8.42 Å². The number of amides is 1. The van der Waals surface area contributed by atoms with Gasteiger partial charge in [-0.1, -0.05) is 56.3 Å². The summed E-state index contributed by atoms with van der Waals surface area (Å²) in [5.41, 5.74) is 2.12. The van der Waals surface area contributed by atoms with Gasteiger partial charge in [0.25, 0.3) is 10.0 Å². The van der Waals surface area contributed by atoms with Gasteiger partial charge in [0.15, 0.2) is 11.7 Å². The van der Waals surface area contributed by atoms with Crippen LogP contribution in [-0.4, -0.2) is 53.0 Å². The summed E-state index contributed by atoms with van der Waals surface area (Å²) < 4.78 is 31.4.